The molecule has 3 rings (SSSR count). The highest BCUT2D eigenvalue weighted by Crippen LogP contribution is 2.26. The second-order valence-electron chi connectivity index (χ2n) is 6.23. The van der Waals surface area contributed by atoms with Crippen LogP contribution in [0.3, 0.4) is 0 Å². The van der Waals surface area contributed by atoms with Crippen molar-refractivity contribution in [2.75, 3.05) is 17.7 Å². The van der Waals surface area contributed by atoms with E-state index in [2.05, 4.69) is 10.4 Å². The van der Waals surface area contributed by atoms with Gasteiger partial charge in [-0.3, -0.25) is 4.21 Å². The third kappa shape index (κ3) is 5.25. The lowest BCUT2D eigenvalue weighted by atomic mass is 10.2. The average Bonchev–Trinajstić information content (AvgIpc) is 3.09. The Labute approximate surface area is 190 Å². The summed E-state index contributed by atoms with van der Waals surface area (Å²) in [6, 6.07) is 12.7. The number of anilines is 2. The number of hydrogen-bond acceptors (Lipinski definition) is 6. The number of hydrogen-bond donors (Lipinski definition) is 2. The molecule has 1 amide bonds. The topological polar surface area (TPSA) is 116 Å². The molecule has 0 aliphatic rings. The zero-order valence-electron chi connectivity index (χ0n) is 16.3. The molecule has 8 nitrogen and oxygen atoms in total. The van der Waals surface area contributed by atoms with Crippen molar-refractivity contribution in [2.45, 2.75) is 17.7 Å². The summed E-state index contributed by atoms with van der Waals surface area (Å²) in [6.07, 6.45) is 0. The molecule has 3 N–H and O–H groups in total. The summed E-state index contributed by atoms with van der Waals surface area (Å²) < 4.78 is 18.8. The van der Waals surface area contributed by atoms with Crippen molar-refractivity contribution in [3.63, 3.8) is 0 Å². The first-order chi connectivity index (χ1) is 14.8. The predicted molar refractivity (Wildman–Crippen MR) is 120 cm³/mol. The Bertz CT molecular complexity index is 1150. The van der Waals surface area contributed by atoms with Gasteiger partial charge in [0.05, 0.1) is 33.2 Å². The van der Waals surface area contributed by atoms with Gasteiger partial charge in [-0.05, 0) is 30.7 Å². The van der Waals surface area contributed by atoms with Gasteiger partial charge < -0.3 is 15.8 Å². The SMILES string of the molecule is CCOC(=O)c1c(S(=O)Cc2ccccc2)nn(C(=O)Nc2ccc(Cl)c(Cl)c2)c1N. The number of nitrogen functional groups attached to an aromatic ring is 1. The van der Waals surface area contributed by atoms with Crippen LogP contribution in [0.15, 0.2) is 53.6 Å². The molecule has 1 atom stereocenters. The summed E-state index contributed by atoms with van der Waals surface area (Å²) in [5.41, 5.74) is 6.92. The second-order valence-corrected chi connectivity index (χ2v) is 8.41. The van der Waals surface area contributed by atoms with E-state index in [0.29, 0.717) is 10.7 Å². The highest BCUT2D eigenvalue weighted by Gasteiger charge is 2.29. The third-order valence-electron chi connectivity index (χ3n) is 4.09. The Morgan fingerprint density at radius 2 is 1.87 bits per heavy atom. The Kier molecular flexibility index (Phi) is 7.32. The lowest BCUT2D eigenvalue weighted by Gasteiger charge is -2.07. The van der Waals surface area contributed by atoms with Crippen LogP contribution in [0.25, 0.3) is 0 Å². The number of carbonyl (C=O) groups excluding carboxylic acids is 2. The number of benzene rings is 2. The number of aromatic nitrogens is 2. The van der Waals surface area contributed by atoms with Crippen LogP contribution in [0.1, 0.15) is 22.8 Å². The molecule has 0 bridgehead atoms. The van der Waals surface area contributed by atoms with E-state index >= 15 is 0 Å². The Hall–Kier alpha value is -2.88. The molecule has 3 aromatic rings. The smallest absolute Gasteiger partial charge is 0.348 e. The van der Waals surface area contributed by atoms with E-state index in [0.717, 1.165) is 10.2 Å². The molecule has 2 aromatic carbocycles. The number of rotatable bonds is 6. The maximum absolute atomic E-state index is 13.0. The fourth-order valence-corrected chi connectivity index (χ4v) is 4.18. The van der Waals surface area contributed by atoms with Crippen LogP contribution < -0.4 is 11.1 Å². The van der Waals surface area contributed by atoms with Gasteiger partial charge in [0.1, 0.15) is 11.4 Å². The number of nitrogens with one attached hydrogen (secondary N) is 1. The highest BCUT2D eigenvalue weighted by molar-refractivity contribution is 7.84. The third-order valence-corrected chi connectivity index (χ3v) is 6.14. The number of nitrogens with two attached hydrogens (primary N) is 1. The molecule has 0 aliphatic carbocycles. The lowest BCUT2D eigenvalue weighted by molar-refractivity contribution is 0.0523. The minimum Gasteiger partial charge on any atom is -0.462 e. The fourth-order valence-electron chi connectivity index (χ4n) is 2.66. The largest absolute Gasteiger partial charge is 0.462 e. The molecule has 11 heteroatoms. The molecule has 1 aromatic heterocycles. The molecule has 0 saturated carbocycles. The first-order valence-electron chi connectivity index (χ1n) is 9.06. The summed E-state index contributed by atoms with van der Waals surface area (Å²) in [5, 5.41) is 7.05. The molecule has 0 spiro atoms. The van der Waals surface area contributed by atoms with Crippen molar-refractivity contribution >= 4 is 57.5 Å². The van der Waals surface area contributed by atoms with Crippen LogP contribution in [0.2, 0.25) is 10.0 Å². The second kappa shape index (κ2) is 9.95. The Morgan fingerprint density at radius 1 is 1.16 bits per heavy atom. The number of ether oxygens (including phenoxy) is 1. The number of nitrogens with zero attached hydrogens (tertiary/aromatic N) is 2. The van der Waals surface area contributed by atoms with Gasteiger partial charge >= 0.3 is 12.0 Å². The summed E-state index contributed by atoms with van der Waals surface area (Å²) >= 11 is 11.8. The number of amides is 1. The van der Waals surface area contributed by atoms with Gasteiger partial charge in [0.15, 0.2) is 5.03 Å². The van der Waals surface area contributed by atoms with Gasteiger partial charge in [0, 0.05) is 5.69 Å². The quantitative estimate of drug-likeness (QED) is 0.506. The van der Waals surface area contributed by atoms with Crippen LogP contribution in [-0.4, -0.2) is 32.6 Å². The van der Waals surface area contributed by atoms with Crippen LogP contribution >= 0.6 is 23.2 Å². The first-order valence-corrected chi connectivity index (χ1v) is 11.1. The van der Waals surface area contributed by atoms with Crippen molar-refractivity contribution < 1.29 is 18.5 Å². The standard InChI is InChI=1S/C20H18Cl2N4O4S/c1-2-30-19(27)16-17(23)26(20(28)24-13-8-9-14(21)15(22)10-13)25-18(16)31(29)11-12-6-4-3-5-7-12/h3-10H,2,11,23H2,1H3,(H,24,28). The van der Waals surface area contributed by atoms with Gasteiger partial charge in [-0.15, -0.1) is 0 Å². The molecule has 162 valence electrons. The Morgan fingerprint density at radius 3 is 2.52 bits per heavy atom. The Balaban J connectivity index is 1.96. The van der Waals surface area contributed by atoms with Gasteiger partial charge in [0.25, 0.3) is 0 Å². The molecule has 0 saturated heterocycles. The van der Waals surface area contributed by atoms with Gasteiger partial charge in [-0.2, -0.15) is 9.78 Å². The molecular formula is C20H18Cl2N4O4S. The van der Waals surface area contributed by atoms with Crippen LogP contribution in [0.5, 0.6) is 0 Å². The summed E-state index contributed by atoms with van der Waals surface area (Å²) in [7, 11) is -1.76. The average molecular weight is 481 g/mol. The summed E-state index contributed by atoms with van der Waals surface area (Å²) in [5.74, 6) is -1.02. The molecule has 0 fully saturated rings. The maximum Gasteiger partial charge on any atom is 0.348 e. The van der Waals surface area contributed by atoms with Crippen molar-refractivity contribution in [1.29, 1.82) is 0 Å². The van der Waals surface area contributed by atoms with Gasteiger partial charge in [0.2, 0.25) is 0 Å². The van der Waals surface area contributed by atoms with E-state index in [1.54, 1.807) is 31.2 Å². The van der Waals surface area contributed by atoms with Crippen molar-refractivity contribution in [2.24, 2.45) is 0 Å². The monoisotopic (exact) mass is 480 g/mol. The van der Waals surface area contributed by atoms with Crippen LogP contribution in [0, 0.1) is 0 Å². The van der Waals surface area contributed by atoms with Crippen molar-refractivity contribution in [3.8, 4) is 0 Å². The highest BCUT2D eigenvalue weighted by atomic mass is 35.5. The van der Waals surface area contributed by atoms with E-state index in [1.165, 1.54) is 18.2 Å². The zero-order chi connectivity index (χ0) is 22.5. The van der Waals surface area contributed by atoms with E-state index in [9.17, 15) is 13.8 Å². The first kappa shape index (κ1) is 22.8. The fraction of sp³-hybridized carbons (Fsp3) is 0.150. The van der Waals surface area contributed by atoms with Crippen LogP contribution in [-0.2, 0) is 21.3 Å². The molecule has 31 heavy (non-hydrogen) atoms. The van der Waals surface area contributed by atoms with E-state index in [4.69, 9.17) is 33.7 Å². The van der Waals surface area contributed by atoms with Gasteiger partial charge in [-0.1, -0.05) is 53.5 Å². The normalized spacial score (nSPS) is 11.7. The maximum atomic E-state index is 13.0. The predicted octanol–water partition coefficient (Wildman–Crippen LogP) is 4.34. The van der Waals surface area contributed by atoms with Crippen molar-refractivity contribution in [1.82, 2.24) is 9.78 Å². The minimum atomic E-state index is -1.76. The molecule has 1 heterocycles. The zero-order valence-corrected chi connectivity index (χ0v) is 18.6. The lowest BCUT2D eigenvalue weighted by Crippen LogP contribution is -2.23. The van der Waals surface area contributed by atoms with E-state index in [1.807, 2.05) is 6.07 Å². The molecule has 0 aliphatic heterocycles. The number of halogens is 2. The number of carbonyl (C=O) groups is 2. The van der Waals surface area contributed by atoms with Crippen molar-refractivity contribution in [3.05, 3.63) is 69.7 Å². The van der Waals surface area contributed by atoms with Gasteiger partial charge in [-0.25, -0.2) is 9.59 Å². The molecule has 1 unspecified atom stereocenters. The summed E-state index contributed by atoms with van der Waals surface area (Å²) in [6.45, 7) is 1.69. The molecule has 0 radical (unpaired) electrons. The molecular weight excluding hydrogens is 463 g/mol. The van der Waals surface area contributed by atoms with E-state index in [-0.39, 0.29) is 33.8 Å². The number of esters is 1. The van der Waals surface area contributed by atoms with E-state index < -0.39 is 22.8 Å². The van der Waals surface area contributed by atoms with Crippen LogP contribution in [0.4, 0.5) is 16.3 Å². The minimum absolute atomic E-state index is 0.0731. The summed E-state index contributed by atoms with van der Waals surface area (Å²) in [4.78, 5) is 25.2.